The summed E-state index contributed by atoms with van der Waals surface area (Å²) in [5.41, 5.74) is 2.37. The lowest BCUT2D eigenvalue weighted by atomic mass is 10.0. The molecular weight excluding hydrogens is 398 g/mol. The van der Waals surface area contributed by atoms with Crippen LogP contribution in [0.15, 0.2) is 41.2 Å². The van der Waals surface area contributed by atoms with Gasteiger partial charge in [-0.25, -0.2) is 10.1 Å². The van der Waals surface area contributed by atoms with Gasteiger partial charge in [0.05, 0.1) is 34.7 Å². The van der Waals surface area contributed by atoms with Gasteiger partial charge in [0.15, 0.2) is 0 Å². The van der Waals surface area contributed by atoms with E-state index < -0.39 is 6.41 Å². The van der Waals surface area contributed by atoms with Crippen LogP contribution in [0.5, 0.6) is 0 Å². The Labute approximate surface area is 169 Å². The number of nitrogens with zero attached hydrogens (tertiary/aromatic N) is 2. The second-order valence-corrected chi connectivity index (χ2v) is 6.65. The lowest BCUT2D eigenvalue weighted by Gasteiger charge is -2.11. The van der Waals surface area contributed by atoms with Crippen LogP contribution in [0.3, 0.4) is 0 Å². The first-order chi connectivity index (χ1) is 14.1. The topological polar surface area (TPSA) is 125 Å². The quantitative estimate of drug-likeness (QED) is 0.270. The SMILES string of the molecule is COCCOC(O)Nc1nc2cc(-c3n[nH]c(=O)c4cccc(Cl)c34)ccc2[nH]1. The number of aromatic amines is 2. The number of imidazole rings is 1. The fourth-order valence-electron chi connectivity index (χ4n) is 3.01. The highest BCUT2D eigenvalue weighted by molar-refractivity contribution is 6.36. The van der Waals surface area contributed by atoms with Crippen molar-refractivity contribution in [3.05, 3.63) is 51.8 Å². The van der Waals surface area contributed by atoms with Gasteiger partial charge in [0.1, 0.15) is 5.69 Å². The zero-order valence-electron chi connectivity index (χ0n) is 15.4. The summed E-state index contributed by atoms with van der Waals surface area (Å²) in [6, 6.07) is 10.6. The second-order valence-electron chi connectivity index (χ2n) is 6.24. The third kappa shape index (κ3) is 3.94. The van der Waals surface area contributed by atoms with Gasteiger partial charge in [-0.15, -0.1) is 0 Å². The molecular formula is C19H18ClN5O4. The summed E-state index contributed by atoms with van der Waals surface area (Å²) < 4.78 is 10.0. The van der Waals surface area contributed by atoms with Gasteiger partial charge < -0.3 is 24.9 Å². The fraction of sp³-hybridized carbons (Fsp3) is 0.211. The number of benzene rings is 2. The minimum atomic E-state index is -1.23. The van der Waals surface area contributed by atoms with Gasteiger partial charge in [0.2, 0.25) is 12.4 Å². The van der Waals surface area contributed by atoms with E-state index in [1.807, 2.05) is 18.2 Å². The lowest BCUT2D eigenvalue weighted by Crippen LogP contribution is -2.24. The van der Waals surface area contributed by atoms with Gasteiger partial charge in [-0.3, -0.25) is 4.79 Å². The number of H-pyrrole nitrogens is 2. The molecule has 0 aliphatic rings. The van der Waals surface area contributed by atoms with Crippen molar-refractivity contribution in [3.8, 4) is 11.3 Å². The van der Waals surface area contributed by atoms with E-state index >= 15 is 0 Å². The van der Waals surface area contributed by atoms with E-state index in [0.29, 0.717) is 39.6 Å². The van der Waals surface area contributed by atoms with E-state index in [1.165, 1.54) is 0 Å². The maximum absolute atomic E-state index is 12.1. The highest BCUT2D eigenvalue weighted by atomic mass is 35.5. The Kier molecular flexibility index (Phi) is 5.45. The van der Waals surface area contributed by atoms with Crippen LogP contribution in [0.1, 0.15) is 0 Å². The Morgan fingerprint density at radius 2 is 2.14 bits per heavy atom. The van der Waals surface area contributed by atoms with Crippen LogP contribution in [-0.2, 0) is 9.47 Å². The molecule has 2 aromatic carbocycles. The zero-order chi connectivity index (χ0) is 20.4. The molecule has 0 aliphatic heterocycles. The van der Waals surface area contributed by atoms with Crippen molar-refractivity contribution in [1.82, 2.24) is 20.2 Å². The predicted molar refractivity (Wildman–Crippen MR) is 110 cm³/mol. The molecule has 0 saturated carbocycles. The minimum Gasteiger partial charge on any atom is -0.382 e. The van der Waals surface area contributed by atoms with Crippen molar-refractivity contribution in [1.29, 1.82) is 0 Å². The molecule has 0 saturated heterocycles. The number of hydrogen-bond acceptors (Lipinski definition) is 7. The third-order valence-corrected chi connectivity index (χ3v) is 4.66. The van der Waals surface area contributed by atoms with Crippen LogP contribution in [0, 0.1) is 0 Å². The van der Waals surface area contributed by atoms with E-state index in [2.05, 4.69) is 25.5 Å². The average molecular weight is 416 g/mol. The number of rotatable bonds is 7. The van der Waals surface area contributed by atoms with Gasteiger partial charge in [-0.1, -0.05) is 23.7 Å². The Morgan fingerprint density at radius 3 is 2.97 bits per heavy atom. The lowest BCUT2D eigenvalue weighted by molar-refractivity contribution is -0.0903. The number of hydrogen-bond donors (Lipinski definition) is 4. The molecule has 0 spiro atoms. The van der Waals surface area contributed by atoms with Crippen molar-refractivity contribution in [2.75, 3.05) is 25.6 Å². The van der Waals surface area contributed by atoms with Crippen LogP contribution < -0.4 is 10.9 Å². The van der Waals surface area contributed by atoms with Gasteiger partial charge in [0.25, 0.3) is 5.56 Å². The van der Waals surface area contributed by atoms with Crippen molar-refractivity contribution >= 4 is 39.4 Å². The number of nitrogens with one attached hydrogen (secondary N) is 3. The molecule has 0 fully saturated rings. The molecule has 150 valence electrons. The molecule has 0 aliphatic carbocycles. The Bertz CT molecular complexity index is 1220. The van der Waals surface area contributed by atoms with Crippen molar-refractivity contribution in [2.24, 2.45) is 0 Å². The molecule has 9 nitrogen and oxygen atoms in total. The number of ether oxygens (including phenoxy) is 2. The second kappa shape index (κ2) is 8.18. The number of aliphatic hydroxyl groups is 1. The molecule has 10 heteroatoms. The molecule has 0 bridgehead atoms. The highest BCUT2D eigenvalue weighted by Gasteiger charge is 2.14. The Hall–Kier alpha value is -2.98. The van der Waals surface area contributed by atoms with Crippen molar-refractivity contribution in [2.45, 2.75) is 6.41 Å². The van der Waals surface area contributed by atoms with Crippen LogP contribution in [0.25, 0.3) is 33.1 Å². The average Bonchev–Trinajstić information content (AvgIpc) is 3.10. The number of methoxy groups -OCH3 is 1. The number of halogens is 1. The zero-order valence-corrected chi connectivity index (χ0v) is 16.2. The molecule has 0 radical (unpaired) electrons. The Morgan fingerprint density at radius 1 is 1.28 bits per heavy atom. The first-order valence-electron chi connectivity index (χ1n) is 8.79. The number of aliphatic hydroxyl groups excluding tert-OH is 1. The van der Waals surface area contributed by atoms with E-state index in [0.717, 1.165) is 11.1 Å². The first-order valence-corrected chi connectivity index (χ1v) is 9.17. The summed E-state index contributed by atoms with van der Waals surface area (Å²) in [5.74, 6) is 0.347. The van der Waals surface area contributed by atoms with E-state index in [4.69, 9.17) is 21.1 Å². The molecule has 0 amide bonds. The third-order valence-electron chi connectivity index (χ3n) is 4.34. The normalized spacial score (nSPS) is 12.5. The summed E-state index contributed by atoms with van der Waals surface area (Å²) in [6.45, 7) is 0.603. The van der Waals surface area contributed by atoms with Crippen LogP contribution in [0.2, 0.25) is 5.02 Å². The largest absolute Gasteiger partial charge is 0.382 e. The van der Waals surface area contributed by atoms with Gasteiger partial charge in [-0.05, 0) is 24.3 Å². The summed E-state index contributed by atoms with van der Waals surface area (Å²) in [7, 11) is 1.55. The minimum absolute atomic E-state index is 0.237. The fourth-order valence-corrected chi connectivity index (χ4v) is 3.27. The maximum Gasteiger partial charge on any atom is 0.272 e. The molecule has 4 aromatic rings. The van der Waals surface area contributed by atoms with E-state index in [1.54, 1.807) is 25.3 Å². The van der Waals surface area contributed by atoms with E-state index in [-0.39, 0.29) is 12.2 Å². The van der Waals surface area contributed by atoms with Crippen LogP contribution in [0.4, 0.5) is 5.95 Å². The van der Waals surface area contributed by atoms with Crippen LogP contribution >= 0.6 is 11.6 Å². The summed E-state index contributed by atoms with van der Waals surface area (Å²) in [5, 5.41) is 20.8. The van der Waals surface area contributed by atoms with Crippen molar-refractivity contribution in [3.63, 3.8) is 0 Å². The van der Waals surface area contributed by atoms with Gasteiger partial charge in [-0.2, -0.15) is 5.10 Å². The standard InChI is InChI=1S/C19H18ClN5O4/c1-28-7-8-29-19(27)23-18-21-13-6-5-10(9-14(13)22-18)16-15-11(17(26)25-24-16)3-2-4-12(15)20/h2-6,9,19,27H,7-8H2,1H3,(H,25,26)(H2,21,22,23). The molecule has 2 heterocycles. The summed E-state index contributed by atoms with van der Waals surface area (Å²) >= 11 is 6.34. The highest BCUT2D eigenvalue weighted by Crippen LogP contribution is 2.31. The molecule has 4 N–H and O–H groups in total. The summed E-state index contributed by atoms with van der Waals surface area (Å²) in [6.07, 6.45) is -1.23. The molecule has 4 rings (SSSR count). The molecule has 1 atom stereocenters. The monoisotopic (exact) mass is 415 g/mol. The predicted octanol–water partition coefficient (Wildman–Crippen LogP) is 2.47. The summed E-state index contributed by atoms with van der Waals surface area (Å²) in [4.78, 5) is 19.6. The number of anilines is 1. The smallest absolute Gasteiger partial charge is 0.272 e. The molecule has 1 unspecified atom stereocenters. The number of aromatic nitrogens is 4. The molecule has 29 heavy (non-hydrogen) atoms. The van der Waals surface area contributed by atoms with Gasteiger partial charge >= 0.3 is 0 Å². The van der Waals surface area contributed by atoms with Gasteiger partial charge in [0, 0.05) is 18.1 Å². The number of fused-ring (bicyclic) bond motifs is 2. The van der Waals surface area contributed by atoms with E-state index in [9.17, 15) is 9.90 Å². The Balaban J connectivity index is 1.68. The maximum atomic E-state index is 12.1. The van der Waals surface area contributed by atoms with Crippen molar-refractivity contribution < 1.29 is 14.6 Å². The first kappa shape index (κ1) is 19.3. The molecule has 2 aromatic heterocycles. The van der Waals surface area contributed by atoms with Crippen LogP contribution in [-0.4, -0.2) is 52.0 Å².